The maximum atomic E-state index is 12.7. The van der Waals surface area contributed by atoms with Crippen LogP contribution in [-0.2, 0) is 0 Å². The summed E-state index contributed by atoms with van der Waals surface area (Å²) < 4.78 is 38.1. The number of halogens is 3. The molecule has 2 atom stereocenters. The molecular formula is C20H39F3N4O. The van der Waals surface area contributed by atoms with E-state index >= 15 is 0 Å². The fraction of sp³-hybridized carbons (Fsp3) is 0.950. The van der Waals surface area contributed by atoms with E-state index < -0.39 is 12.7 Å². The summed E-state index contributed by atoms with van der Waals surface area (Å²) in [6, 6.07) is 0. The van der Waals surface area contributed by atoms with Gasteiger partial charge in [-0.2, -0.15) is 13.2 Å². The van der Waals surface area contributed by atoms with Gasteiger partial charge in [0.2, 0.25) is 0 Å². The van der Waals surface area contributed by atoms with Gasteiger partial charge >= 0.3 is 6.18 Å². The van der Waals surface area contributed by atoms with Crippen LogP contribution in [0.5, 0.6) is 0 Å². The molecule has 2 unspecified atom stereocenters. The van der Waals surface area contributed by atoms with Gasteiger partial charge < -0.3 is 15.3 Å². The van der Waals surface area contributed by atoms with Crippen molar-refractivity contribution in [3.63, 3.8) is 0 Å². The van der Waals surface area contributed by atoms with Crippen LogP contribution >= 0.6 is 0 Å². The zero-order valence-electron chi connectivity index (χ0n) is 17.9. The molecule has 8 heteroatoms. The first kappa shape index (κ1) is 25.0. The monoisotopic (exact) mass is 408 g/mol. The number of aliphatic hydroxyl groups excluding tert-OH is 1. The predicted octanol–water partition coefficient (Wildman–Crippen LogP) is 3.20. The van der Waals surface area contributed by atoms with Crippen LogP contribution in [0.15, 0.2) is 4.99 Å². The Hall–Kier alpha value is -1.02. The molecule has 0 aromatic carbocycles. The molecule has 28 heavy (non-hydrogen) atoms. The van der Waals surface area contributed by atoms with Gasteiger partial charge in [-0.3, -0.25) is 9.89 Å². The number of likely N-dealkylation sites (tertiary alicyclic amines) is 1. The highest BCUT2D eigenvalue weighted by Gasteiger charge is 2.33. The Morgan fingerprint density at radius 2 is 2.04 bits per heavy atom. The lowest BCUT2D eigenvalue weighted by Gasteiger charge is -2.26. The lowest BCUT2D eigenvalue weighted by molar-refractivity contribution is -0.146. The second-order valence-corrected chi connectivity index (χ2v) is 8.25. The van der Waals surface area contributed by atoms with E-state index in [1.165, 1.54) is 4.90 Å². The highest BCUT2D eigenvalue weighted by molar-refractivity contribution is 5.80. The molecule has 1 fully saturated rings. The molecule has 0 aromatic rings. The van der Waals surface area contributed by atoms with Crippen LogP contribution in [0, 0.1) is 17.8 Å². The Bertz CT molecular complexity index is 457. The van der Waals surface area contributed by atoms with Crippen LogP contribution in [0.2, 0.25) is 0 Å². The van der Waals surface area contributed by atoms with E-state index in [-0.39, 0.29) is 12.5 Å². The summed E-state index contributed by atoms with van der Waals surface area (Å²) in [6.45, 7) is 11.3. The van der Waals surface area contributed by atoms with E-state index in [4.69, 9.17) is 4.99 Å². The van der Waals surface area contributed by atoms with Gasteiger partial charge in [0.05, 0.1) is 6.54 Å². The van der Waals surface area contributed by atoms with Crippen LogP contribution in [0.25, 0.3) is 0 Å². The van der Waals surface area contributed by atoms with Crippen molar-refractivity contribution >= 4 is 5.96 Å². The van der Waals surface area contributed by atoms with Gasteiger partial charge in [0.15, 0.2) is 5.96 Å². The molecule has 0 amide bonds. The molecule has 0 radical (unpaired) electrons. The largest absolute Gasteiger partial charge is 0.401 e. The molecule has 0 saturated carbocycles. The Labute approximate surface area is 168 Å². The summed E-state index contributed by atoms with van der Waals surface area (Å²) in [5.74, 6) is 1.96. The van der Waals surface area contributed by atoms with Gasteiger partial charge in [-0.05, 0) is 50.5 Å². The van der Waals surface area contributed by atoms with Gasteiger partial charge in [0, 0.05) is 39.3 Å². The van der Waals surface area contributed by atoms with E-state index in [0.717, 1.165) is 44.9 Å². The van der Waals surface area contributed by atoms with Gasteiger partial charge in [-0.1, -0.05) is 20.8 Å². The van der Waals surface area contributed by atoms with Crippen molar-refractivity contribution in [1.82, 2.24) is 15.1 Å². The Balaban J connectivity index is 2.66. The number of hydrogen-bond acceptors (Lipinski definition) is 3. The van der Waals surface area contributed by atoms with Crippen LogP contribution in [0.4, 0.5) is 13.2 Å². The normalized spacial score (nSPS) is 19.7. The van der Waals surface area contributed by atoms with Crippen molar-refractivity contribution in [2.24, 2.45) is 22.7 Å². The minimum atomic E-state index is -4.15. The zero-order chi connectivity index (χ0) is 21.2. The van der Waals surface area contributed by atoms with Crippen LogP contribution in [-0.4, -0.2) is 79.5 Å². The smallest absolute Gasteiger partial charge is 0.396 e. The van der Waals surface area contributed by atoms with Crippen LogP contribution in [0.1, 0.15) is 47.0 Å². The van der Waals surface area contributed by atoms with E-state index in [1.54, 1.807) is 6.92 Å². The summed E-state index contributed by atoms with van der Waals surface area (Å²) in [5.41, 5.74) is 0. The molecule has 0 aromatic heterocycles. The predicted molar refractivity (Wildman–Crippen MR) is 108 cm³/mol. The number of aliphatic hydroxyl groups is 1. The van der Waals surface area contributed by atoms with Gasteiger partial charge in [0.1, 0.15) is 0 Å². The maximum Gasteiger partial charge on any atom is 0.401 e. The van der Waals surface area contributed by atoms with E-state index in [9.17, 15) is 18.3 Å². The van der Waals surface area contributed by atoms with E-state index in [2.05, 4.69) is 24.1 Å². The minimum absolute atomic E-state index is 0.168. The maximum absolute atomic E-state index is 12.7. The van der Waals surface area contributed by atoms with Crippen LogP contribution in [0.3, 0.4) is 0 Å². The average molecular weight is 409 g/mol. The molecule has 1 saturated heterocycles. The highest BCUT2D eigenvalue weighted by atomic mass is 19.4. The third kappa shape index (κ3) is 9.96. The third-order valence-electron chi connectivity index (χ3n) is 5.13. The summed E-state index contributed by atoms with van der Waals surface area (Å²) >= 11 is 0. The molecule has 166 valence electrons. The number of aliphatic imine (C=N–C) groups is 1. The molecule has 5 nitrogen and oxygen atoms in total. The first-order valence-electron chi connectivity index (χ1n) is 10.6. The number of nitrogens with one attached hydrogen (secondary N) is 1. The molecule has 0 spiro atoms. The minimum Gasteiger partial charge on any atom is -0.396 e. The summed E-state index contributed by atoms with van der Waals surface area (Å²) in [4.78, 5) is 8.44. The van der Waals surface area contributed by atoms with Crippen molar-refractivity contribution in [3.8, 4) is 0 Å². The van der Waals surface area contributed by atoms with Crippen molar-refractivity contribution < 1.29 is 18.3 Å². The van der Waals surface area contributed by atoms with Crippen LogP contribution < -0.4 is 5.32 Å². The second-order valence-electron chi connectivity index (χ2n) is 8.25. The standard InChI is InChI=1S/C20H39F3N4O/c1-5-24-19(25-12-17(8-10-28)11-16(3)4)27-9-7-18(14-27)13-26(6-2)15-20(21,22)23/h16-18,28H,5-15H2,1-4H3,(H,24,25). The number of rotatable bonds is 11. The number of alkyl halides is 3. The van der Waals surface area contributed by atoms with E-state index in [1.807, 2.05) is 6.92 Å². The lowest BCUT2D eigenvalue weighted by Crippen LogP contribution is -2.42. The molecule has 0 aliphatic carbocycles. The van der Waals surface area contributed by atoms with Gasteiger partial charge in [0.25, 0.3) is 0 Å². The third-order valence-corrected chi connectivity index (χ3v) is 5.13. The fourth-order valence-corrected chi connectivity index (χ4v) is 3.87. The summed E-state index contributed by atoms with van der Waals surface area (Å²) in [6.07, 6.45) is -1.50. The van der Waals surface area contributed by atoms with E-state index in [0.29, 0.717) is 31.5 Å². The van der Waals surface area contributed by atoms with Crippen molar-refractivity contribution in [1.29, 1.82) is 0 Å². The lowest BCUT2D eigenvalue weighted by atomic mass is 9.94. The average Bonchev–Trinajstić information content (AvgIpc) is 3.04. The first-order chi connectivity index (χ1) is 13.2. The SMILES string of the molecule is CCNC(=NCC(CCO)CC(C)C)N1CCC(CN(CC)CC(F)(F)F)C1. The first-order valence-corrected chi connectivity index (χ1v) is 10.6. The molecule has 1 aliphatic heterocycles. The Kier molecular flexibility index (Phi) is 11.2. The Morgan fingerprint density at radius 3 is 2.57 bits per heavy atom. The molecular weight excluding hydrogens is 369 g/mol. The molecule has 1 aliphatic rings. The quantitative estimate of drug-likeness (QED) is 0.407. The summed E-state index contributed by atoms with van der Waals surface area (Å²) in [5, 5.41) is 12.6. The van der Waals surface area contributed by atoms with Crippen molar-refractivity contribution in [2.75, 3.05) is 52.4 Å². The summed E-state index contributed by atoms with van der Waals surface area (Å²) in [7, 11) is 0. The molecule has 1 heterocycles. The number of hydrogen-bond donors (Lipinski definition) is 2. The van der Waals surface area contributed by atoms with Gasteiger partial charge in [-0.25, -0.2) is 0 Å². The molecule has 2 N–H and O–H groups in total. The fourth-order valence-electron chi connectivity index (χ4n) is 3.87. The number of nitrogens with zero attached hydrogens (tertiary/aromatic N) is 3. The zero-order valence-corrected chi connectivity index (χ0v) is 17.9. The number of guanidine groups is 1. The molecule has 1 rings (SSSR count). The second kappa shape index (κ2) is 12.5. The van der Waals surface area contributed by atoms with Gasteiger partial charge in [-0.15, -0.1) is 0 Å². The topological polar surface area (TPSA) is 51.1 Å². The van der Waals surface area contributed by atoms with Crippen molar-refractivity contribution in [3.05, 3.63) is 0 Å². The molecule has 0 bridgehead atoms. The van der Waals surface area contributed by atoms with Crippen molar-refractivity contribution in [2.45, 2.75) is 53.1 Å². The Morgan fingerprint density at radius 1 is 1.32 bits per heavy atom. The highest BCUT2D eigenvalue weighted by Crippen LogP contribution is 2.22.